The van der Waals surface area contributed by atoms with E-state index in [-0.39, 0.29) is 30.2 Å². The average molecular weight is 562 g/mol. The molecule has 1 atom stereocenters. The van der Waals surface area contributed by atoms with E-state index in [9.17, 15) is 14.4 Å². The first-order valence-electron chi connectivity index (χ1n) is 11.1. The number of carbonyl (C=O) groups is 3. The number of imide groups is 1. The van der Waals surface area contributed by atoms with Crippen molar-refractivity contribution in [3.05, 3.63) is 51.6 Å². The van der Waals surface area contributed by atoms with Crippen molar-refractivity contribution in [2.75, 3.05) is 19.1 Å². The second-order valence-electron chi connectivity index (χ2n) is 8.34. The van der Waals surface area contributed by atoms with Gasteiger partial charge in [0.25, 0.3) is 11.8 Å². The molecule has 0 aromatic heterocycles. The summed E-state index contributed by atoms with van der Waals surface area (Å²) in [4.78, 5) is 43.1. The van der Waals surface area contributed by atoms with Gasteiger partial charge in [0.05, 0.1) is 26.3 Å². The van der Waals surface area contributed by atoms with Gasteiger partial charge in [0.2, 0.25) is 5.91 Å². The maximum Gasteiger partial charge on any atom is 0.257 e. The Morgan fingerprint density at radius 2 is 1.64 bits per heavy atom. The fourth-order valence-electron chi connectivity index (χ4n) is 4.73. The number of amides is 3. The van der Waals surface area contributed by atoms with Crippen molar-refractivity contribution in [2.24, 2.45) is 0 Å². The van der Waals surface area contributed by atoms with E-state index < -0.39 is 6.04 Å². The molecule has 7 nitrogen and oxygen atoms in total. The standard InChI is InChI=1S/C25H27IN2O5/c1-32-21-13-8-16(14-22(21)33-2)24(30)27(18-6-4-3-5-7-18)20-15-23(29)28(25(20)31)19-11-9-17(26)10-12-19/h8-14,18,20H,3-7,15H2,1-2H3. The number of methoxy groups -OCH3 is 2. The zero-order chi connectivity index (χ0) is 23.5. The van der Waals surface area contributed by atoms with Gasteiger partial charge in [0.1, 0.15) is 6.04 Å². The minimum atomic E-state index is -0.819. The normalized spacial score (nSPS) is 19.0. The molecular formula is C25H27IN2O5. The summed E-state index contributed by atoms with van der Waals surface area (Å²) in [5.74, 6) is 0.0720. The van der Waals surface area contributed by atoms with Gasteiger partial charge < -0.3 is 14.4 Å². The Kier molecular flexibility index (Phi) is 7.21. The Morgan fingerprint density at radius 3 is 2.27 bits per heavy atom. The molecule has 1 saturated carbocycles. The van der Waals surface area contributed by atoms with Gasteiger partial charge in [-0.25, -0.2) is 4.90 Å². The Labute approximate surface area is 207 Å². The van der Waals surface area contributed by atoms with E-state index in [4.69, 9.17) is 9.47 Å². The molecule has 0 spiro atoms. The molecule has 4 rings (SSSR count). The zero-order valence-corrected chi connectivity index (χ0v) is 20.9. The van der Waals surface area contributed by atoms with Crippen LogP contribution in [0.5, 0.6) is 11.5 Å². The minimum Gasteiger partial charge on any atom is -0.493 e. The van der Waals surface area contributed by atoms with Gasteiger partial charge in [0, 0.05) is 15.2 Å². The maximum atomic E-state index is 13.8. The van der Waals surface area contributed by atoms with Gasteiger partial charge in [-0.2, -0.15) is 0 Å². The molecule has 3 amide bonds. The van der Waals surface area contributed by atoms with Crippen LogP contribution >= 0.6 is 22.6 Å². The molecular weight excluding hydrogens is 535 g/mol. The third kappa shape index (κ3) is 4.71. The number of benzene rings is 2. The molecule has 1 saturated heterocycles. The highest BCUT2D eigenvalue weighted by atomic mass is 127. The van der Waals surface area contributed by atoms with E-state index in [0.717, 1.165) is 35.7 Å². The highest BCUT2D eigenvalue weighted by Gasteiger charge is 2.46. The molecule has 2 fully saturated rings. The second kappa shape index (κ2) is 10.1. The lowest BCUT2D eigenvalue weighted by Gasteiger charge is -2.37. The number of hydrogen-bond donors (Lipinski definition) is 0. The number of ether oxygens (including phenoxy) is 2. The molecule has 1 aliphatic heterocycles. The highest BCUT2D eigenvalue weighted by Crippen LogP contribution is 2.34. The van der Waals surface area contributed by atoms with Gasteiger partial charge in [0.15, 0.2) is 11.5 Å². The number of rotatable bonds is 6. The van der Waals surface area contributed by atoms with Crippen molar-refractivity contribution in [1.82, 2.24) is 4.90 Å². The summed E-state index contributed by atoms with van der Waals surface area (Å²) in [7, 11) is 3.05. The highest BCUT2D eigenvalue weighted by molar-refractivity contribution is 14.1. The SMILES string of the molecule is COc1ccc(C(=O)N(C2CCCCC2)C2CC(=O)N(c3ccc(I)cc3)C2=O)cc1OC. The second-order valence-corrected chi connectivity index (χ2v) is 9.58. The van der Waals surface area contributed by atoms with Crippen molar-refractivity contribution in [1.29, 1.82) is 0 Å². The zero-order valence-electron chi connectivity index (χ0n) is 18.8. The van der Waals surface area contributed by atoms with Crippen LogP contribution in [0.25, 0.3) is 0 Å². The van der Waals surface area contributed by atoms with Gasteiger partial charge >= 0.3 is 0 Å². The number of nitrogens with zero attached hydrogens (tertiary/aromatic N) is 2. The molecule has 1 unspecified atom stereocenters. The monoisotopic (exact) mass is 562 g/mol. The minimum absolute atomic E-state index is 0.0135. The average Bonchev–Trinajstić information content (AvgIpc) is 3.13. The van der Waals surface area contributed by atoms with Crippen molar-refractivity contribution >= 4 is 46.0 Å². The van der Waals surface area contributed by atoms with E-state index in [1.54, 1.807) is 35.2 Å². The van der Waals surface area contributed by atoms with E-state index in [1.165, 1.54) is 19.1 Å². The number of halogens is 1. The van der Waals surface area contributed by atoms with Gasteiger partial charge in [-0.3, -0.25) is 14.4 Å². The van der Waals surface area contributed by atoms with Crippen molar-refractivity contribution in [3.63, 3.8) is 0 Å². The smallest absolute Gasteiger partial charge is 0.257 e. The van der Waals surface area contributed by atoms with Crippen LogP contribution in [0.2, 0.25) is 0 Å². The fraction of sp³-hybridized carbons (Fsp3) is 0.400. The summed E-state index contributed by atoms with van der Waals surface area (Å²) in [5.41, 5.74) is 0.946. The van der Waals surface area contributed by atoms with Crippen molar-refractivity contribution < 1.29 is 23.9 Å². The van der Waals surface area contributed by atoms with Crippen LogP contribution in [0.4, 0.5) is 5.69 Å². The number of carbonyl (C=O) groups excluding carboxylic acids is 3. The predicted octanol–water partition coefficient (Wildman–Crippen LogP) is 4.42. The fourth-order valence-corrected chi connectivity index (χ4v) is 5.09. The van der Waals surface area contributed by atoms with Crippen LogP contribution in [-0.2, 0) is 9.59 Å². The molecule has 33 heavy (non-hydrogen) atoms. The molecule has 2 aliphatic rings. The van der Waals surface area contributed by atoms with Gasteiger partial charge in [-0.15, -0.1) is 0 Å². The topological polar surface area (TPSA) is 76.2 Å². The third-order valence-corrected chi connectivity index (χ3v) is 7.10. The van der Waals surface area contributed by atoms with Crippen LogP contribution < -0.4 is 14.4 Å². The summed E-state index contributed by atoms with van der Waals surface area (Å²) in [5, 5.41) is 0. The summed E-state index contributed by atoms with van der Waals surface area (Å²) in [6.07, 6.45) is 4.73. The van der Waals surface area contributed by atoms with Crippen LogP contribution in [-0.4, -0.2) is 48.9 Å². The molecule has 0 N–H and O–H groups in total. The number of anilines is 1. The third-order valence-electron chi connectivity index (χ3n) is 6.38. The molecule has 1 aliphatic carbocycles. The maximum absolute atomic E-state index is 13.8. The summed E-state index contributed by atoms with van der Waals surface area (Å²) in [6.45, 7) is 0. The van der Waals surface area contributed by atoms with E-state index in [0.29, 0.717) is 22.7 Å². The molecule has 0 radical (unpaired) electrons. The molecule has 174 valence electrons. The summed E-state index contributed by atoms with van der Waals surface area (Å²) >= 11 is 2.18. The molecule has 8 heteroatoms. The van der Waals surface area contributed by atoms with E-state index in [2.05, 4.69) is 22.6 Å². The molecule has 1 heterocycles. The van der Waals surface area contributed by atoms with Gasteiger partial charge in [-0.05, 0) is 77.9 Å². The molecule has 2 aromatic rings. The van der Waals surface area contributed by atoms with E-state index >= 15 is 0 Å². The van der Waals surface area contributed by atoms with Crippen LogP contribution in [0, 0.1) is 3.57 Å². The molecule has 2 aromatic carbocycles. The van der Waals surface area contributed by atoms with Crippen LogP contribution in [0.3, 0.4) is 0 Å². The predicted molar refractivity (Wildman–Crippen MR) is 133 cm³/mol. The van der Waals surface area contributed by atoms with Gasteiger partial charge in [-0.1, -0.05) is 19.3 Å². The summed E-state index contributed by atoms with van der Waals surface area (Å²) < 4.78 is 11.7. The van der Waals surface area contributed by atoms with Crippen LogP contribution in [0.15, 0.2) is 42.5 Å². The first-order valence-corrected chi connectivity index (χ1v) is 12.2. The Balaban J connectivity index is 1.69. The Bertz CT molecular complexity index is 1050. The molecule has 0 bridgehead atoms. The largest absolute Gasteiger partial charge is 0.493 e. The van der Waals surface area contributed by atoms with Crippen molar-refractivity contribution in [2.45, 2.75) is 50.6 Å². The lowest BCUT2D eigenvalue weighted by Crippen LogP contribution is -2.51. The first kappa shape index (κ1) is 23.5. The quantitative estimate of drug-likeness (QED) is 0.385. The summed E-state index contributed by atoms with van der Waals surface area (Å²) in [6, 6.07) is 11.3. The van der Waals surface area contributed by atoms with Crippen LogP contribution in [0.1, 0.15) is 48.9 Å². The van der Waals surface area contributed by atoms with E-state index in [1.807, 2.05) is 12.1 Å². The Morgan fingerprint density at radius 1 is 0.970 bits per heavy atom. The lowest BCUT2D eigenvalue weighted by molar-refractivity contribution is -0.123. The number of hydrogen-bond acceptors (Lipinski definition) is 5. The first-order chi connectivity index (χ1) is 15.9. The van der Waals surface area contributed by atoms with Crippen molar-refractivity contribution in [3.8, 4) is 11.5 Å². The Hall–Kier alpha value is -2.62. The lowest BCUT2D eigenvalue weighted by atomic mass is 9.92.